The van der Waals surface area contributed by atoms with Gasteiger partial charge >= 0.3 is 0 Å². The zero-order valence-corrected chi connectivity index (χ0v) is 34.6. The van der Waals surface area contributed by atoms with Crippen molar-refractivity contribution < 1.29 is 37.1 Å². The molecule has 13 nitrogen and oxygen atoms in total. The van der Waals surface area contributed by atoms with Crippen molar-refractivity contribution in [1.82, 2.24) is 24.8 Å². The minimum Gasteiger partial charge on any atom is -0.497 e. The van der Waals surface area contributed by atoms with Crippen LogP contribution in [-0.2, 0) is 29.2 Å². The highest BCUT2D eigenvalue weighted by atomic mass is 32.2. The third-order valence-electron chi connectivity index (χ3n) is 13.0. The highest BCUT2D eigenvalue weighted by molar-refractivity contribution is 7.91. The minimum atomic E-state index is -3.89. The summed E-state index contributed by atoms with van der Waals surface area (Å²) in [5, 5.41) is 2.98. The molecule has 0 spiro atoms. The van der Waals surface area contributed by atoms with Crippen LogP contribution in [0.5, 0.6) is 11.5 Å². The summed E-state index contributed by atoms with van der Waals surface area (Å²) in [4.78, 5) is 65.3. The summed E-state index contributed by atoms with van der Waals surface area (Å²) in [5.74, 6) is -1.21. The average Bonchev–Trinajstić information content (AvgIpc) is 4.13. The number of sulfonamides is 1. The molecule has 3 aromatic rings. The predicted molar refractivity (Wildman–Crippen MR) is 223 cm³/mol. The number of rotatable bonds is 15. The minimum absolute atomic E-state index is 0.00405. The van der Waals surface area contributed by atoms with Crippen molar-refractivity contribution >= 4 is 44.6 Å². The molecule has 0 bridgehead atoms. The van der Waals surface area contributed by atoms with Crippen LogP contribution in [0.2, 0.25) is 0 Å². The first-order valence-corrected chi connectivity index (χ1v) is 22.8. The van der Waals surface area contributed by atoms with E-state index in [2.05, 4.69) is 16.6 Å². The molecule has 2 N–H and O–H groups in total. The van der Waals surface area contributed by atoms with Gasteiger partial charge in [-0.3, -0.25) is 23.9 Å². The molecule has 3 aliphatic carbocycles. The van der Waals surface area contributed by atoms with E-state index < -0.39 is 56.6 Å². The lowest BCUT2D eigenvalue weighted by atomic mass is 9.88. The molecule has 5 atom stereocenters. The first kappa shape index (κ1) is 40.8. The fourth-order valence-electron chi connectivity index (χ4n) is 9.38. The van der Waals surface area contributed by atoms with Crippen LogP contribution in [-0.4, -0.2) is 96.5 Å². The van der Waals surface area contributed by atoms with Crippen molar-refractivity contribution in [1.29, 1.82) is 0 Å². The van der Waals surface area contributed by atoms with Crippen LogP contribution in [0.4, 0.5) is 0 Å². The summed E-state index contributed by atoms with van der Waals surface area (Å²) < 4.78 is 40.1. The van der Waals surface area contributed by atoms with Gasteiger partial charge in [-0.1, -0.05) is 62.1 Å². The number of carbonyl (C=O) groups is 4. The van der Waals surface area contributed by atoms with Crippen LogP contribution < -0.4 is 19.5 Å². The molecule has 0 unspecified atom stereocenters. The smallest absolute Gasteiger partial charge is 0.259 e. The highest BCUT2D eigenvalue weighted by Crippen LogP contribution is 2.46. The second-order valence-corrected chi connectivity index (χ2v) is 19.1. The number of pyridine rings is 1. The van der Waals surface area contributed by atoms with E-state index in [1.165, 1.54) is 4.90 Å². The van der Waals surface area contributed by atoms with Crippen LogP contribution in [0.1, 0.15) is 83.5 Å². The van der Waals surface area contributed by atoms with Crippen LogP contribution in [0.15, 0.2) is 67.3 Å². The number of nitrogens with zero attached hydrogens (tertiary/aromatic N) is 3. The number of fused-ring (bicyclic) bond motifs is 1. The number of piperidine rings is 1. The van der Waals surface area contributed by atoms with E-state index in [1.807, 2.05) is 59.5 Å². The van der Waals surface area contributed by atoms with E-state index in [9.17, 15) is 27.6 Å². The van der Waals surface area contributed by atoms with Crippen LogP contribution in [0.25, 0.3) is 22.2 Å². The van der Waals surface area contributed by atoms with Gasteiger partial charge in [0.1, 0.15) is 29.2 Å². The first-order valence-electron chi connectivity index (χ1n) is 21.3. The van der Waals surface area contributed by atoms with Crippen molar-refractivity contribution in [2.24, 2.45) is 17.8 Å². The van der Waals surface area contributed by atoms with Crippen molar-refractivity contribution in [2.45, 2.75) is 106 Å². The summed E-state index contributed by atoms with van der Waals surface area (Å²) in [7, 11) is -2.30. The van der Waals surface area contributed by atoms with Crippen molar-refractivity contribution in [3.05, 3.63) is 67.3 Å². The molecule has 314 valence electrons. The molecule has 5 fully saturated rings. The molecule has 14 heteroatoms. The Labute approximate surface area is 346 Å². The number of amides is 4. The molecule has 8 rings (SSSR count). The zero-order chi connectivity index (χ0) is 41.3. The van der Waals surface area contributed by atoms with E-state index >= 15 is 0 Å². The molecule has 3 heterocycles. The molecule has 2 aliphatic heterocycles. The third kappa shape index (κ3) is 8.83. The van der Waals surface area contributed by atoms with Gasteiger partial charge in [-0.15, -0.1) is 6.58 Å². The number of nitrogens with one attached hydrogen (secondary N) is 2. The number of carbonyl (C=O) groups excluding carboxylic acids is 4. The van der Waals surface area contributed by atoms with Gasteiger partial charge in [0.15, 0.2) is 0 Å². The van der Waals surface area contributed by atoms with Gasteiger partial charge in [0.2, 0.25) is 27.7 Å². The van der Waals surface area contributed by atoms with Crippen molar-refractivity contribution in [2.75, 3.05) is 26.7 Å². The van der Waals surface area contributed by atoms with Crippen LogP contribution in [0.3, 0.4) is 0 Å². The van der Waals surface area contributed by atoms with E-state index in [1.54, 1.807) is 13.2 Å². The van der Waals surface area contributed by atoms with E-state index in [-0.39, 0.29) is 37.6 Å². The molecule has 5 aliphatic rings. The van der Waals surface area contributed by atoms with E-state index in [0.717, 1.165) is 55.9 Å². The Balaban J connectivity index is 1.09. The molecule has 2 aromatic carbocycles. The Morgan fingerprint density at radius 2 is 1.73 bits per heavy atom. The van der Waals surface area contributed by atoms with E-state index in [0.29, 0.717) is 61.0 Å². The largest absolute Gasteiger partial charge is 0.497 e. The van der Waals surface area contributed by atoms with Crippen molar-refractivity contribution in [3.8, 4) is 22.8 Å². The molecule has 2 saturated heterocycles. The molecule has 4 amide bonds. The lowest BCUT2D eigenvalue weighted by Crippen LogP contribution is -2.56. The Kier molecular flexibility index (Phi) is 11.7. The average molecular weight is 826 g/mol. The number of aromatic nitrogens is 1. The normalized spacial score (nSPS) is 25.0. The number of hydrogen-bond donors (Lipinski definition) is 2. The van der Waals surface area contributed by atoms with Gasteiger partial charge < -0.3 is 24.6 Å². The lowest BCUT2D eigenvalue weighted by Gasteiger charge is -2.32. The summed E-state index contributed by atoms with van der Waals surface area (Å²) >= 11 is 0. The summed E-state index contributed by atoms with van der Waals surface area (Å²) in [6.45, 7) is 5.25. The Morgan fingerprint density at radius 3 is 2.41 bits per heavy atom. The molecular formula is C45H55N5O8S. The van der Waals surface area contributed by atoms with E-state index in [4.69, 9.17) is 14.5 Å². The molecule has 0 radical (unpaired) electrons. The first-order chi connectivity index (χ1) is 28.5. The monoisotopic (exact) mass is 825 g/mol. The summed E-state index contributed by atoms with van der Waals surface area (Å²) in [6.07, 6.45) is 9.95. The number of ether oxygens (including phenoxy) is 2. The SMILES string of the molecule is C=C[C@H]1C[C@]1(NC(=O)[C@@H]1C[C@@H](Oc2cc(-c3ccccc3)nc3cc(OC)ccc23)CN1C(=O)C[C@@H](CC1CCCC1)C(=O)N1CCCCC1)C(=O)NS(=O)(=O)C1CC1. The maximum Gasteiger partial charge on any atom is 0.259 e. The highest BCUT2D eigenvalue weighted by Gasteiger charge is 2.62. The number of likely N-dealkylation sites (tertiary alicyclic amines) is 2. The van der Waals surface area contributed by atoms with Crippen LogP contribution in [0, 0.1) is 17.8 Å². The fourth-order valence-corrected chi connectivity index (χ4v) is 10.7. The predicted octanol–water partition coefficient (Wildman–Crippen LogP) is 5.53. The Morgan fingerprint density at radius 1 is 0.983 bits per heavy atom. The van der Waals surface area contributed by atoms with Crippen molar-refractivity contribution in [3.63, 3.8) is 0 Å². The van der Waals surface area contributed by atoms with Gasteiger partial charge in [0.05, 0.1) is 30.1 Å². The fraction of sp³-hybridized carbons (Fsp3) is 0.533. The third-order valence-corrected chi connectivity index (χ3v) is 14.8. The van der Waals surface area contributed by atoms with Crippen LogP contribution >= 0.6 is 0 Å². The topological polar surface area (TPSA) is 164 Å². The van der Waals surface area contributed by atoms with Gasteiger partial charge in [0.25, 0.3) is 5.91 Å². The standard InChI is InChI=1S/C45H55N5O8S/c1-3-32-27-45(32,44(54)48-59(55,56)35-17-18-35)47-42(52)39-25-34(58-40-26-37(30-14-6-4-7-15-30)46-38-24-33(57-2)16-19-36(38)40)28-50(39)41(51)23-31(22-29-12-8-9-13-29)43(53)49-20-10-5-11-21-49/h3-4,6-7,14-16,19,24,26,29,31-32,34-35,39H,1,5,8-13,17-18,20-23,25,27-28H2,2H3,(H,47,52)(H,48,54)/t31-,32+,34-,39+,45-/m1/s1. The second-order valence-electron chi connectivity index (χ2n) is 17.1. The van der Waals surface area contributed by atoms with Gasteiger partial charge in [-0.2, -0.15) is 0 Å². The Hall–Kier alpha value is -4.98. The quantitative estimate of drug-likeness (QED) is 0.188. The molecule has 3 saturated carbocycles. The van der Waals surface area contributed by atoms with Gasteiger partial charge in [0, 0.05) is 60.8 Å². The number of hydrogen-bond acceptors (Lipinski definition) is 9. The Bertz CT molecular complexity index is 2200. The van der Waals surface area contributed by atoms with Gasteiger partial charge in [-0.25, -0.2) is 13.4 Å². The molecular weight excluding hydrogens is 771 g/mol. The summed E-state index contributed by atoms with van der Waals surface area (Å²) in [5.41, 5.74) is 0.674. The maximum absolute atomic E-state index is 14.7. The lowest BCUT2D eigenvalue weighted by molar-refractivity contribution is -0.145. The van der Waals surface area contributed by atoms with Gasteiger partial charge in [-0.05, 0) is 63.0 Å². The number of benzene rings is 2. The molecule has 1 aromatic heterocycles. The second kappa shape index (κ2) is 16.9. The zero-order valence-electron chi connectivity index (χ0n) is 33.8. The number of methoxy groups -OCH3 is 1. The molecule has 59 heavy (non-hydrogen) atoms. The summed E-state index contributed by atoms with van der Waals surface area (Å²) in [6, 6.07) is 16.0. The maximum atomic E-state index is 14.7.